The molecule has 2 unspecified atom stereocenters. The predicted octanol–water partition coefficient (Wildman–Crippen LogP) is 6.67. The monoisotopic (exact) mass is 539 g/mol. The predicted molar refractivity (Wildman–Crippen MR) is 148 cm³/mol. The molecule has 188 valence electrons. The third-order valence-corrected chi connectivity index (χ3v) is 9.62. The van der Waals surface area contributed by atoms with E-state index >= 15 is 0 Å². The summed E-state index contributed by atoms with van der Waals surface area (Å²) in [5.41, 5.74) is 0.556. The number of carbonyl (C=O) groups is 2. The minimum Gasteiger partial charge on any atom is -0.370 e. The molecular weight excluding hydrogens is 510 g/mol. The van der Waals surface area contributed by atoms with Crippen molar-refractivity contribution >= 4 is 52.2 Å². The molecule has 2 aromatic heterocycles. The van der Waals surface area contributed by atoms with Gasteiger partial charge in [0, 0.05) is 17.9 Å². The number of benzene rings is 1. The number of Topliss-reactive ketones (excluding diaryl/α,β-unsaturated/α-hetero) is 1. The summed E-state index contributed by atoms with van der Waals surface area (Å²) in [6.07, 6.45) is 7.94. The van der Waals surface area contributed by atoms with Gasteiger partial charge in [-0.1, -0.05) is 61.9 Å². The fourth-order valence-electron chi connectivity index (χ4n) is 5.24. The molecule has 2 atom stereocenters. The molecule has 0 bridgehead atoms. The number of nitrogens with one attached hydrogen (secondary N) is 2. The highest BCUT2D eigenvalue weighted by Gasteiger charge is 2.48. The number of anilines is 1. The molecule has 8 heteroatoms. The maximum Gasteiger partial charge on any atom is 0.242 e. The van der Waals surface area contributed by atoms with Crippen LogP contribution in [0.3, 0.4) is 0 Å². The molecule has 1 amide bonds. The Morgan fingerprint density at radius 3 is 2.67 bits per heavy atom. The lowest BCUT2D eigenvalue weighted by atomic mass is 9.79. The van der Waals surface area contributed by atoms with E-state index in [1.54, 1.807) is 6.07 Å². The molecule has 36 heavy (non-hydrogen) atoms. The number of hydrogen-bond donors (Lipinski definition) is 2. The Labute approximate surface area is 225 Å². The molecule has 5 rings (SSSR count). The van der Waals surface area contributed by atoms with Gasteiger partial charge in [0.2, 0.25) is 5.91 Å². The van der Waals surface area contributed by atoms with E-state index in [1.165, 1.54) is 55.2 Å². The van der Waals surface area contributed by atoms with Crippen LogP contribution in [0.4, 0.5) is 5.82 Å². The number of ketones is 1. The van der Waals surface area contributed by atoms with Gasteiger partial charge in [-0.05, 0) is 59.0 Å². The van der Waals surface area contributed by atoms with E-state index in [0.717, 1.165) is 35.2 Å². The van der Waals surface area contributed by atoms with Gasteiger partial charge in [-0.25, -0.2) is 4.98 Å². The number of piperidine rings is 1. The zero-order valence-electron chi connectivity index (χ0n) is 20.0. The van der Waals surface area contributed by atoms with Crippen LogP contribution >= 0.6 is 34.7 Å². The number of rotatable bonds is 8. The number of halogens is 1. The Balaban J connectivity index is 1.37. The Kier molecular flexibility index (Phi) is 7.99. The quantitative estimate of drug-likeness (QED) is 0.313. The first-order valence-corrected chi connectivity index (χ1v) is 14.8. The fourth-order valence-corrected chi connectivity index (χ4v) is 7.21. The molecule has 3 aromatic rings. The summed E-state index contributed by atoms with van der Waals surface area (Å²) < 4.78 is 0. The average molecular weight is 540 g/mol. The maximum atomic E-state index is 13.5. The Hall–Kier alpha value is -2.35. The summed E-state index contributed by atoms with van der Waals surface area (Å²) in [7, 11) is 0. The van der Waals surface area contributed by atoms with Crippen molar-refractivity contribution in [2.24, 2.45) is 5.92 Å². The van der Waals surface area contributed by atoms with Gasteiger partial charge in [-0.15, -0.1) is 11.8 Å². The molecule has 3 heterocycles. The lowest BCUT2D eigenvalue weighted by molar-refractivity contribution is -0.133. The number of pyridine rings is 1. The number of nitrogens with zero attached hydrogens (tertiary/aromatic N) is 1. The second-order valence-corrected chi connectivity index (χ2v) is 11.9. The van der Waals surface area contributed by atoms with Gasteiger partial charge in [0.05, 0.1) is 10.7 Å². The SMILES string of the molecule is O=C1CC(c2ccsc2)(c2cccc(NCCC3CCCCC3)n2)NC(=O)C1Sc1ccccc1Cl. The maximum absolute atomic E-state index is 13.5. The van der Waals surface area contributed by atoms with Crippen molar-refractivity contribution in [1.82, 2.24) is 10.3 Å². The van der Waals surface area contributed by atoms with Crippen molar-refractivity contribution in [2.75, 3.05) is 11.9 Å². The van der Waals surface area contributed by atoms with Gasteiger partial charge in [0.15, 0.2) is 5.78 Å². The third kappa shape index (κ3) is 5.48. The molecule has 1 saturated heterocycles. The van der Waals surface area contributed by atoms with Gasteiger partial charge < -0.3 is 10.6 Å². The average Bonchev–Trinajstić information content (AvgIpc) is 3.44. The van der Waals surface area contributed by atoms with E-state index in [0.29, 0.717) is 10.7 Å². The van der Waals surface area contributed by atoms with Crippen LogP contribution in [0.2, 0.25) is 5.02 Å². The van der Waals surface area contributed by atoms with E-state index in [1.807, 2.05) is 53.2 Å². The van der Waals surface area contributed by atoms with Crippen molar-refractivity contribution in [2.45, 2.75) is 60.6 Å². The first-order valence-electron chi connectivity index (χ1n) is 12.6. The summed E-state index contributed by atoms with van der Waals surface area (Å²) in [6.45, 7) is 0.869. The van der Waals surface area contributed by atoms with Crippen LogP contribution in [-0.2, 0) is 15.1 Å². The molecule has 5 nitrogen and oxygen atoms in total. The summed E-state index contributed by atoms with van der Waals surface area (Å²) >= 11 is 9.05. The van der Waals surface area contributed by atoms with Crippen LogP contribution in [0, 0.1) is 5.92 Å². The van der Waals surface area contributed by atoms with Crippen molar-refractivity contribution < 1.29 is 9.59 Å². The number of amides is 1. The lowest BCUT2D eigenvalue weighted by Crippen LogP contribution is -2.58. The summed E-state index contributed by atoms with van der Waals surface area (Å²) in [5, 5.41) is 10.3. The van der Waals surface area contributed by atoms with Crippen LogP contribution in [0.5, 0.6) is 0 Å². The standard InChI is InChI=1S/C28H30ClN3O2S2/c29-21-9-4-5-10-23(21)36-26-22(33)17-28(32-27(26)34,20-14-16-35-18-20)24-11-6-12-25(31-24)30-15-13-19-7-2-1-3-8-19/h4-6,9-12,14,16,18-19,26H,1-3,7-8,13,15,17H2,(H,30,31)(H,32,34). The third-order valence-electron chi connectivity index (χ3n) is 7.17. The zero-order chi connectivity index (χ0) is 25.0. The molecule has 2 N–H and O–H groups in total. The van der Waals surface area contributed by atoms with Crippen LogP contribution in [-0.4, -0.2) is 28.5 Å². The van der Waals surface area contributed by atoms with Crippen LogP contribution in [0.1, 0.15) is 56.2 Å². The Morgan fingerprint density at radius 2 is 1.92 bits per heavy atom. The van der Waals surface area contributed by atoms with Crippen molar-refractivity contribution in [3.05, 3.63) is 75.6 Å². The highest BCUT2D eigenvalue weighted by molar-refractivity contribution is 8.01. The highest BCUT2D eigenvalue weighted by Crippen LogP contribution is 2.41. The summed E-state index contributed by atoms with van der Waals surface area (Å²) in [4.78, 5) is 32.5. The smallest absolute Gasteiger partial charge is 0.242 e. The van der Waals surface area contributed by atoms with Gasteiger partial charge >= 0.3 is 0 Å². The van der Waals surface area contributed by atoms with Gasteiger partial charge in [-0.2, -0.15) is 11.3 Å². The van der Waals surface area contributed by atoms with E-state index < -0.39 is 10.8 Å². The molecule has 1 aliphatic heterocycles. The van der Waals surface area contributed by atoms with E-state index in [9.17, 15) is 9.59 Å². The van der Waals surface area contributed by atoms with E-state index in [2.05, 4.69) is 10.6 Å². The molecule has 1 aromatic carbocycles. The molecule has 2 fully saturated rings. The van der Waals surface area contributed by atoms with Crippen molar-refractivity contribution in [3.63, 3.8) is 0 Å². The molecule has 0 spiro atoms. The normalized spacial score (nSPS) is 22.9. The molecule has 1 aliphatic carbocycles. The van der Waals surface area contributed by atoms with Crippen LogP contribution in [0.15, 0.2) is 64.2 Å². The summed E-state index contributed by atoms with van der Waals surface area (Å²) in [5.74, 6) is 1.11. The van der Waals surface area contributed by atoms with Crippen LogP contribution in [0.25, 0.3) is 0 Å². The molecule has 2 aliphatic rings. The molecular formula is C28H30ClN3O2S2. The number of thiophene rings is 1. The van der Waals surface area contributed by atoms with Crippen LogP contribution < -0.4 is 10.6 Å². The van der Waals surface area contributed by atoms with Gasteiger partial charge in [0.1, 0.15) is 16.6 Å². The van der Waals surface area contributed by atoms with Gasteiger partial charge in [0.25, 0.3) is 0 Å². The number of carbonyl (C=O) groups excluding carboxylic acids is 2. The zero-order valence-corrected chi connectivity index (χ0v) is 22.4. The fraction of sp³-hybridized carbons (Fsp3) is 0.393. The number of aromatic nitrogens is 1. The van der Waals surface area contributed by atoms with E-state index in [4.69, 9.17) is 16.6 Å². The second kappa shape index (κ2) is 11.4. The Morgan fingerprint density at radius 1 is 1.08 bits per heavy atom. The van der Waals surface area contributed by atoms with Crippen molar-refractivity contribution in [1.29, 1.82) is 0 Å². The summed E-state index contributed by atoms with van der Waals surface area (Å²) in [6, 6.07) is 15.0. The highest BCUT2D eigenvalue weighted by atomic mass is 35.5. The lowest BCUT2D eigenvalue weighted by Gasteiger charge is -2.39. The van der Waals surface area contributed by atoms with Gasteiger partial charge in [-0.3, -0.25) is 9.59 Å². The minimum atomic E-state index is -0.993. The first kappa shape index (κ1) is 25.3. The first-order chi connectivity index (χ1) is 17.5. The molecule has 1 saturated carbocycles. The second-order valence-electron chi connectivity index (χ2n) is 9.61. The minimum absolute atomic E-state index is 0.132. The largest absolute Gasteiger partial charge is 0.370 e. The Bertz CT molecular complexity index is 1190. The van der Waals surface area contributed by atoms with E-state index in [-0.39, 0.29) is 18.1 Å². The number of thioether (sulfide) groups is 1. The van der Waals surface area contributed by atoms with Crippen molar-refractivity contribution in [3.8, 4) is 0 Å². The molecule has 0 radical (unpaired) electrons. The number of hydrogen-bond acceptors (Lipinski definition) is 6. The topological polar surface area (TPSA) is 71.1 Å².